The van der Waals surface area contributed by atoms with Crippen molar-refractivity contribution in [3.8, 4) is 5.75 Å². The number of hydrogen-bond donors (Lipinski definition) is 2. The van der Waals surface area contributed by atoms with E-state index in [9.17, 15) is 0 Å². The van der Waals surface area contributed by atoms with Gasteiger partial charge in [0.2, 0.25) is 0 Å². The molecular formula is C19H21BrN4O. The first-order valence-electron chi connectivity index (χ1n) is 8.12. The van der Waals surface area contributed by atoms with E-state index in [0.29, 0.717) is 6.54 Å². The first-order valence-corrected chi connectivity index (χ1v) is 8.91. The SMILES string of the molecule is COc1cccc(NC2CCN=C(C(C)=NN)c3ccc(Br)cc32)c1. The summed E-state index contributed by atoms with van der Waals surface area (Å²) in [5.41, 5.74) is 4.86. The first kappa shape index (κ1) is 17.5. The normalized spacial score (nSPS) is 17.3. The van der Waals surface area contributed by atoms with Crippen LogP contribution in [0.3, 0.4) is 0 Å². The fourth-order valence-corrected chi connectivity index (χ4v) is 3.40. The molecule has 3 N–H and O–H groups in total. The molecule has 1 atom stereocenters. The van der Waals surface area contributed by atoms with Gasteiger partial charge >= 0.3 is 0 Å². The lowest BCUT2D eigenvalue weighted by atomic mass is 9.94. The van der Waals surface area contributed by atoms with Crippen LogP contribution in [-0.2, 0) is 0 Å². The number of hydrazone groups is 1. The highest BCUT2D eigenvalue weighted by Crippen LogP contribution is 2.32. The van der Waals surface area contributed by atoms with E-state index in [-0.39, 0.29) is 6.04 Å². The third kappa shape index (κ3) is 3.85. The van der Waals surface area contributed by atoms with Crippen LogP contribution in [0.15, 0.2) is 57.0 Å². The van der Waals surface area contributed by atoms with Crippen LogP contribution in [0.5, 0.6) is 5.75 Å². The van der Waals surface area contributed by atoms with Gasteiger partial charge in [-0.1, -0.05) is 28.1 Å². The van der Waals surface area contributed by atoms with Gasteiger partial charge in [0.05, 0.1) is 24.6 Å². The van der Waals surface area contributed by atoms with E-state index in [4.69, 9.17) is 15.6 Å². The molecule has 0 bridgehead atoms. The predicted molar refractivity (Wildman–Crippen MR) is 107 cm³/mol. The molecule has 3 rings (SSSR count). The Morgan fingerprint density at radius 2 is 2.16 bits per heavy atom. The molecule has 130 valence electrons. The Kier molecular flexibility index (Phi) is 5.38. The number of anilines is 1. The zero-order valence-electron chi connectivity index (χ0n) is 14.3. The van der Waals surface area contributed by atoms with Gasteiger partial charge in [0, 0.05) is 28.3 Å². The van der Waals surface area contributed by atoms with Gasteiger partial charge in [-0.15, -0.1) is 0 Å². The van der Waals surface area contributed by atoms with Crippen LogP contribution in [0.25, 0.3) is 0 Å². The van der Waals surface area contributed by atoms with E-state index < -0.39 is 0 Å². The minimum Gasteiger partial charge on any atom is -0.497 e. The maximum absolute atomic E-state index is 5.50. The van der Waals surface area contributed by atoms with Crippen LogP contribution in [0.1, 0.15) is 30.5 Å². The summed E-state index contributed by atoms with van der Waals surface area (Å²) >= 11 is 3.58. The summed E-state index contributed by atoms with van der Waals surface area (Å²) in [5, 5.41) is 7.46. The molecule has 0 aromatic heterocycles. The lowest BCUT2D eigenvalue weighted by molar-refractivity contribution is 0.415. The van der Waals surface area contributed by atoms with Crippen molar-refractivity contribution in [2.45, 2.75) is 19.4 Å². The molecule has 0 aliphatic carbocycles. The standard InChI is InChI=1S/C19H21BrN4O/c1-12(24-21)19-16-7-6-13(20)10-17(16)18(8-9-22-19)23-14-4-3-5-15(11-14)25-2/h3-7,10-11,18,23H,8-9,21H2,1-2H3. The Balaban J connectivity index is 2.00. The molecule has 0 saturated carbocycles. The Morgan fingerprint density at radius 3 is 2.92 bits per heavy atom. The molecule has 6 heteroatoms. The quantitative estimate of drug-likeness (QED) is 0.460. The molecule has 2 aromatic carbocycles. The topological polar surface area (TPSA) is 72.0 Å². The largest absolute Gasteiger partial charge is 0.497 e. The molecule has 25 heavy (non-hydrogen) atoms. The number of ether oxygens (including phenoxy) is 1. The summed E-state index contributed by atoms with van der Waals surface area (Å²) < 4.78 is 6.36. The fourth-order valence-electron chi connectivity index (χ4n) is 3.02. The van der Waals surface area contributed by atoms with Gasteiger partial charge in [0.15, 0.2) is 0 Å². The summed E-state index contributed by atoms with van der Waals surface area (Å²) in [7, 11) is 1.67. The van der Waals surface area contributed by atoms with Crippen molar-refractivity contribution in [1.82, 2.24) is 0 Å². The smallest absolute Gasteiger partial charge is 0.120 e. The molecule has 2 aromatic rings. The maximum atomic E-state index is 5.50. The second kappa shape index (κ2) is 7.70. The van der Waals surface area contributed by atoms with Crippen LogP contribution in [-0.4, -0.2) is 25.1 Å². The second-order valence-electron chi connectivity index (χ2n) is 5.89. The number of rotatable bonds is 4. The van der Waals surface area contributed by atoms with Crippen molar-refractivity contribution in [3.05, 3.63) is 58.1 Å². The van der Waals surface area contributed by atoms with Crippen molar-refractivity contribution in [3.63, 3.8) is 0 Å². The summed E-state index contributed by atoms with van der Waals surface area (Å²) in [6.45, 7) is 2.59. The molecular weight excluding hydrogens is 380 g/mol. The molecule has 1 heterocycles. The van der Waals surface area contributed by atoms with Crippen molar-refractivity contribution in [2.75, 3.05) is 19.0 Å². The molecule has 1 aliphatic heterocycles. The molecule has 1 aliphatic rings. The van der Waals surface area contributed by atoms with E-state index in [1.54, 1.807) is 7.11 Å². The highest BCUT2D eigenvalue weighted by Gasteiger charge is 2.23. The third-order valence-corrected chi connectivity index (χ3v) is 4.77. The maximum Gasteiger partial charge on any atom is 0.120 e. The highest BCUT2D eigenvalue weighted by atomic mass is 79.9. The van der Waals surface area contributed by atoms with Crippen molar-refractivity contribution in [2.24, 2.45) is 15.9 Å². The third-order valence-electron chi connectivity index (χ3n) is 4.28. The summed E-state index contributed by atoms with van der Waals surface area (Å²) in [4.78, 5) is 4.72. The number of nitrogens with zero attached hydrogens (tertiary/aromatic N) is 2. The number of benzene rings is 2. The minimum absolute atomic E-state index is 0.131. The van der Waals surface area contributed by atoms with Gasteiger partial charge in [0.25, 0.3) is 0 Å². The average molecular weight is 401 g/mol. The zero-order chi connectivity index (χ0) is 17.8. The first-order chi connectivity index (χ1) is 12.1. The molecule has 1 unspecified atom stereocenters. The van der Waals surface area contributed by atoms with Gasteiger partial charge in [0.1, 0.15) is 5.75 Å². The number of fused-ring (bicyclic) bond motifs is 1. The van der Waals surface area contributed by atoms with Crippen molar-refractivity contribution >= 4 is 33.0 Å². The minimum atomic E-state index is 0.131. The van der Waals surface area contributed by atoms with Crippen LogP contribution in [0.2, 0.25) is 0 Å². The summed E-state index contributed by atoms with van der Waals surface area (Å²) in [5.74, 6) is 6.33. The fraction of sp³-hybridized carbons (Fsp3) is 0.263. The van der Waals surface area contributed by atoms with Gasteiger partial charge in [-0.2, -0.15) is 5.10 Å². The summed E-state index contributed by atoms with van der Waals surface area (Å²) in [6.07, 6.45) is 0.877. The number of aliphatic imine (C=N–C) groups is 1. The Hall–Kier alpha value is -2.34. The zero-order valence-corrected chi connectivity index (χ0v) is 15.9. The van der Waals surface area contributed by atoms with E-state index >= 15 is 0 Å². The van der Waals surface area contributed by atoms with E-state index in [1.807, 2.05) is 37.3 Å². The number of nitrogens with two attached hydrogens (primary N) is 1. The highest BCUT2D eigenvalue weighted by molar-refractivity contribution is 9.10. The van der Waals surface area contributed by atoms with E-state index in [0.717, 1.165) is 39.3 Å². The van der Waals surface area contributed by atoms with Crippen LogP contribution < -0.4 is 15.9 Å². The molecule has 5 nitrogen and oxygen atoms in total. The second-order valence-corrected chi connectivity index (χ2v) is 6.81. The van der Waals surface area contributed by atoms with Gasteiger partial charge in [-0.3, -0.25) is 4.99 Å². The number of methoxy groups -OCH3 is 1. The Morgan fingerprint density at radius 1 is 1.32 bits per heavy atom. The van der Waals surface area contributed by atoms with Gasteiger partial charge < -0.3 is 15.9 Å². The van der Waals surface area contributed by atoms with Crippen molar-refractivity contribution in [1.29, 1.82) is 0 Å². The Bertz CT molecular complexity index is 832. The molecule has 0 spiro atoms. The monoisotopic (exact) mass is 400 g/mol. The molecule has 0 fully saturated rings. The number of halogens is 1. The summed E-state index contributed by atoms with van der Waals surface area (Å²) in [6, 6.07) is 14.3. The van der Waals surface area contributed by atoms with Crippen LogP contribution in [0.4, 0.5) is 5.69 Å². The van der Waals surface area contributed by atoms with E-state index in [1.165, 1.54) is 5.56 Å². The average Bonchev–Trinajstić information content (AvgIpc) is 2.81. The molecule has 0 radical (unpaired) electrons. The lowest BCUT2D eigenvalue weighted by Gasteiger charge is -2.21. The predicted octanol–water partition coefficient (Wildman–Crippen LogP) is 4.14. The molecule has 0 amide bonds. The lowest BCUT2D eigenvalue weighted by Crippen LogP contribution is -2.18. The molecule has 0 saturated heterocycles. The van der Waals surface area contributed by atoms with E-state index in [2.05, 4.69) is 38.5 Å². The van der Waals surface area contributed by atoms with Gasteiger partial charge in [-0.05, 0) is 43.2 Å². The van der Waals surface area contributed by atoms with Gasteiger partial charge in [-0.25, -0.2) is 0 Å². The number of hydrogen-bond acceptors (Lipinski definition) is 5. The Labute approximate surface area is 156 Å². The van der Waals surface area contributed by atoms with Crippen LogP contribution in [0, 0.1) is 0 Å². The van der Waals surface area contributed by atoms with Crippen molar-refractivity contribution < 1.29 is 4.74 Å². The van der Waals surface area contributed by atoms with Crippen LogP contribution >= 0.6 is 15.9 Å². The number of nitrogens with one attached hydrogen (secondary N) is 1.